The van der Waals surface area contributed by atoms with Crippen LogP contribution in [0.5, 0.6) is 0 Å². The van der Waals surface area contributed by atoms with Crippen molar-refractivity contribution in [3.05, 3.63) is 528 Å². The lowest BCUT2D eigenvalue weighted by Crippen LogP contribution is -2.01. The van der Waals surface area contributed by atoms with Crippen molar-refractivity contribution in [2.75, 3.05) is 0 Å². The zero-order chi connectivity index (χ0) is 97.5. The molecule has 0 aliphatic rings. The van der Waals surface area contributed by atoms with Crippen LogP contribution in [-0.2, 0) is 0 Å². The summed E-state index contributed by atoms with van der Waals surface area (Å²) in [4.78, 5) is 50.8. The van der Waals surface area contributed by atoms with E-state index in [-0.39, 0.29) is 0 Å². The molecule has 0 atom stereocenters. The van der Waals surface area contributed by atoms with E-state index in [4.69, 9.17) is 49.8 Å². The molecule has 9 aromatic heterocycles. The average Bonchev–Trinajstić information content (AvgIpc) is 1.57. The molecule has 28 rings (SSSR count). The molecule has 13 nitrogen and oxygen atoms in total. The highest BCUT2D eigenvalue weighted by Gasteiger charge is 2.27. The monoisotopic (exact) mass is 1880 g/mol. The molecule has 0 N–H and O–H groups in total. The van der Waals surface area contributed by atoms with Gasteiger partial charge in [-0.05, 0) is 120 Å². The fourth-order valence-corrected chi connectivity index (χ4v) is 20.5. The molecule has 19 aromatic carbocycles. The molecule has 9 heterocycles. The van der Waals surface area contributed by atoms with Crippen LogP contribution in [0.15, 0.2) is 528 Å². The Morgan fingerprint density at radius 2 is 0.313 bits per heavy atom. The smallest absolute Gasteiger partial charge is 0.164 e. The van der Waals surface area contributed by atoms with E-state index >= 15 is 0 Å². The summed E-state index contributed by atoms with van der Waals surface area (Å²) >= 11 is 0. The molecule has 0 aliphatic heterocycles. The van der Waals surface area contributed by atoms with Crippen molar-refractivity contribution in [1.82, 2.24) is 63.5 Å². The van der Waals surface area contributed by atoms with Crippen molar-refractivity contribution in [3.63, 3.8) is 0 Å². The minimum atomic E-state index is 0.621. The van der Waals surface area contributed by atoms with Crippen molar-refractivity contribution in [2.24, 2.45) is 0 Å². The van der Waals surface area contributed by atoms with E-state index in [0.717, 1.165) is 217 Å². The topological polar surface area (TPSA) is 144 Å². The molecule has 147 heavy (non-hydrogen) atoms. The van der Waals surface area contributed by atoms with Crippen LogP contribution in [-0.4, -0.2) is 63.5 Å². The van der Waals surface area contributed by atoms with Crippen LogP contribution in [0, 0.1) is 0 Å². The van der Waals surface area contributed by atoms with Gasteiger partial charge in [0.2, 0.25) is 0 Å². The van der Waals surface area contributed by atoms with Crippen LogP contribution in [0.25, 0.3) is 262 Å². The van der Waals surface area contributed by atoms with Crippen LogP contribution >= 0.6 is 0 Å². The van der Waals surface area contributed by atoms with Crippen LogP contribution in [0.4, 0.5) is 0 Å². The Kier molecular flexibility index (Phi) is 22.7. The lowest BCUT2D eigenvalue weighted by atomic mass is 10.0. The lowest BCUT2D eigenvalue weighted by molar-refractivity contribution is 1.07. The highest BCUT2D eigenvalue weighted by atomic mass is 15.0. The van der Waals surface area contributed by atoms with Gasteiger partial charge in [-0.25, -0.2) is 49.8 Å². The number of rotatable bonds is 16. The summed E-state index contributed by atoms with van der Waals surface area (Å²) < 4.78 is 7.13. The van der Waals surface area contributed by atoms with E-state index in [1.165, 1.54) is 16.3 Å². The number of nitrogens with zero attached hydrogens (tertiary/aromatic N) is 13. The summed E-state index contributed by atoms with van der Waals surface area (Å²) in [6, 6.07) is 183. The highest BCUT2D eigenvalue weighted by molar-refractivity contribution is 6.25. The first-order valence-corrected chi connectivity index (χ1v) is 49.3. The SMILES string of the molecule is c1ccc(-c2cc(-c3ccc(-n4c5ccccc5c5c(-c6ccccc6)nc6ccccc6c54)cc3)nc(-c3ccccc3)n2)cc1.c1ccc(-c2cc(-c3ccccc3)nc(-c3ccc(-n4c5ccccc5c5c(-c6ccccc6)nc6ccccc6c54)cc3)n2)cc1.c1ccc(-c2ccc(-c3nc(-c4ccccc4)nc(-c4ccc(-n5c6ccccc6c6c(-c7ccccc7)nc7ccccc7c65)cc4)n3)cc2)cc1. The van der Waals surface area contributed by atoms with Crippen molar-refractivity contribution in [1.29, 1.82) is 0 Å². The van der Waals surface area contributed by atoms with Crippen LogP contribution < -0.4 is 0 Å². The van der Waals surface area contributed by atoms with E-state index < -0.39 is 0 Å². The number of aromatic nitrogens is 13. The Bertz CT molecular complexity index is 9290. The third-order valence-electron chi connectivity index (χ3n) is 27.4. The Hall–Kier alpha value is -20.0. The Morgan fingerprint density at radius 3 is 0.592 bits per heavy atom. The standard InChI is InChI=1S/C48H31N5.2C43H28N4/c1-4-14-32(15-5-1)33-24-26-36(27-25-33)47-50-46(35-18-8-3-9-19-35)51-48(52-47)37-28-30-38(31-29-37)53-42-23-13-11-21-40(42)43-44(34-16-6-2-7-17-34)49-41-22-12-10-20-39(41)45(43)53;1-4-14-29(15-5-1)37-28-38(46-43(45-37)32-18-8-3-9-19-32)30-24-26-33(27-25-30)47-39-23-13-11-21-35(39)40-41(31-16-6-2-7-17-31)44-36-22-12-10-20-34(36)42(40)47;1-4-14-29(15-5-1)37-28-38(30-16-6-2-7-17-30)46-43(45-37)32-24-26-33(27-25-32)47-39-23-13-11-21-35(39)40-41(31-18-8-3-9-19-31)44-36-22-12-10-20-34(36)42(40)47/h1-31H;2*1-28H. The average molecular weight is 1880 g/mol. The van der Waals surface area contributed by atoms with Crippen LogP contribution in [0.3, 0.4) is 0 Å². The van der Waals surface area contributed by atoms with Crippen molar-refractivity contribution in [2.45, 2.75) is 0 Å². The van der Waals surface area contributed by atoms with Crippen molar-refractivity contribution in [3.8, 4) is 164 Å². The first kappa shape index (κ1) is 87.3. The molecular formula is C134H87N13. The van der Waals surface area contributed by atoms with E-state index in [2.05, 4.69) is 426 Å². The normalized spacial score (nSPS) is 11.4. The van der Waals surface area contributed by atoms with Gasteiger partial charge in [-0.2, -0.15) is 0 Å². The van der Waals surface area contributed by atoms with Gasteiger partial charge in [0.15, 0.2) is 29.1 Å². The largest absolute Gasteiger partial charge is 0.308 e. The minimum Gasteiger partial charge on any atom is -0.308 e. The molecule has 0 bridgehead atoms. The van der Waals surface area contributed by atoms with Gasteiger partial charge in [0.05, 0.1) is 89.5 Å². The second-order valence-corrected chi connectivity index (χ2v) is 36.4. The number of hydrogen-bond donors (Lipinski definition) is 0. The molecule has 13 heteroatoms. The summed E-state index contributed by atoms with van der Waals surface area (Å²) in [7, 11) is 0. The van der Waals surface area contributed by atoms with Gasteiger partial charge in [0, 0.05) is 132 Å². The maximum Gasteiger partial charge on any atom is 0.164 e. The number of fused-ring (bicyclic) bond motifs is 15. The summed E-state index contributed by atoms with van der Waals surface area (Å²) in [5, 5.41) is 10.3. The van der Waals surface area contributed by atoms with Crippen molar-refractivity contribution < 1.29 is 0 Å². The molecular weight excluding hydrogens is 1790 g/mol. The summed E-state index contributed by atoms with van der Waals surface area (Å²) in [6.07, 6.45) is 0. The third kappa shape index (κ3) is 16.6. The second-order valence-electron chi connectivity index (χ2n) is 36.4. The summed E-state index contributed by atoms with van der Waals surface area (Å²) in [6.45, 7) is 0. The van der Waals surface area contributed by atoms with Crippen LogP contribution in [0.2, 0.25) is 0 Å². The molecule has 0 saturated carbocycles. The highest BCUT2D eigenvalue weighted by Crippen LogP contribution is 2.47. The van der Waals surface area contributed by atoms with Gasteiger partial charge in [0.25, 0.3) is 0 Å². The number of hydrogen-bond acceptors (Lipinski definition) is 10. The van der Waals surface area contributed by atoms with Gasteiger partial charge in [-0.15, -0.1) is 0 Å². The van der Waals surface area contributed by atoms with Crippen molar-refractivity contribution >= 4 is 98.1 Å². The maximum absolute atomic E-state index is 5.24. The maximum atomic E-state index is 5.24. The van der Waals surface area contributed by atoms with Gasteiger partial charge >= 0.3 is 0 Å². The Balaban J connectivity index is 0.000000112. The van der Waals surface area contributed by atoms with Gasteiger partial charge in [-0.3, -0.25) is 0 Å². The molecule has 688 valence electrons. The molecule has 0 fully saturated rings. The van der Waals surface area contributed by atoms with Gasteiger partial charge in [-0.1, -0.05) is 419 Å². The Morgan fingerprint density at radius 1 is 0.129 bits per heavy atom. The fraction of sp³-hybridized carbons (Fsp3) is 0. The third-order valence-corrected chi connectivity index (χ3v) is 27.4. The summed E-state index contributed by atoms with van der Waals surface area (Å²) in [5.74, 6) is 3.29. The molecule has 0 saturated heterocycles. The first-order chi connectivity index (χ1) is 72.9. The molecule has 0 unspecified atom stereocenters. The molecule has 0 amide bonds. The van der Waals surface area contributed by atoms with E-state index in [1.54, 1.807) is 0 Å². The predicted molar refractivity (Wildman–Crippen MR) is 603 cm³/mol. The lowest BCUT2D eigenvalue weighted by Gasteiger charge is -2.13. The van der Waals surface area contributed by atoms with Gasteiger partial charge in [0.1, 0.15) is 0 Å². The summed E-state index contributed by atoms with van der Waals surface area (Å²) in [5.41, 5.74) is 34.0. The van der Waals surface area contributed by atoms with Crippen LogP contribution in [0.1, 0.15) is 0 Å². The zero-order valence-corrected chi connectivity index (χ0v) is 79.5. The predicted octanol–water partition coefficient (Wildman–Crippen LogP) is 33.4. The zero-order valence-electron chi connectivity index (χ0n) is 79.5. The van der Waals surface area contributed by atoms with E-state index in [1.807, 2.05) is 115 Å². The quantitative estimate of drug-likeness (QED) is 0.0917. The Labute approximate surface area is 847 Å². The molecule has 0 radical (unpaired) electrons. The first-order valence-electron chi connectivity index (χ1n) is 49.3. The molecule has 0 spiro atoms. The molecule has 0 aliphatic carbocycles. The minimum absolute atomic E-state index is 0.621. The fourth-order valence-electron chi connectivity index (χ4n) is 20.5. The van der Waals surface area contributed by atoms with Gasteiger partial charge < -0.3 is 13.7 Å². The number of pyridine rings is 3. The second kappa shape index (κ2) is 38.2. The van der Waals surface area contributed by atoms with E-state index in [9.17, 15) is 0 Å². The number of benzene rings is 19. The number of para-hydroxylation sites is 6. The molecule has 28 aromatic rings. The van der Waals surface area contributed by atoms with E-state index in [0.29, 0.717) is 29.1 Å².